The molecule has 1 amide bonds. The lowest BCUT2D eigenvalue weighted by Gasteiger charge is -2.25. The molecule has 4 nitrogen and oxygen atoms in total. The molecule has 5 heteroatoms. The maximum Gasteiger partial charge on any atom is 0.219 e. The Morgan fingerprint density at radius 2 is 1.72 bits per heavy atom. The van der Waals surface area contributed by atoms with E-state index in [4.69, 9.17) is 0 Å². The highest BCUT2D eigenvalue weighted by atomic mass is 32.2. The molecule has 0 atom stereocenters. The number of rotatable bonds is 4. The lowest BCUT2D eigenvalue weighted by molar-refractivity contribution is -0.131. The molecular weight excluding hydrogens is 250 g/mol. The fourth-order valence-electron chi connectivity index (χ4n) is 1.70. The van der Waals surface area contributed by atoms with E-state index >= 15 is 0 Å². The predicted octanol–water partition coefficient (Wildman–Crippen LogP) is 1.85. The lowest BCUT2D eigenvalue weighted by Crippen LogP contribution is -2.34. The first-order chi connectivity index (χ1) is 8.21. The van der Waals surface area contributed by atoms with Crippen molar-refractivity contribution in [1.29, 1.82) is 0 Å². The summed E-state index contributed by atoms with van der Waals surface area (Å²) in [4.78, 5) is 13.5. The second-order valence-electron chi connectivity index (χ2n) is 4.66. The van der Waals surface area contributed by atoms with Gasteiger partial charge in [-0.1, -0.05) is 12.1 Å². The van der Waals surface area contributed by atoms with Crippen LogP contribution in [0.3, 0.4) is 0 Å². The van der Waals surface area contributed by atoms with Gasteiger partial charge in [-0.25, -0.2) is 8.42 Å². The molecule has 0 radical (unpaired) electrons. The second-order valence-corrected chi connectivity index (χ2v) is 6.67. The second kappa shape index (κ2) is 5.52. The van der Waals surface area contributed by atoms with Crippen molar-refractivity contribution in [2.24, 2.45) is 0 Å². The summed E-state index contributed by atoms with van der Waals surface area (Å²) < 4.78 is 22.6. The van der Waals surface area contributed by atoms with Gasteiger partial charge in [-0.2, -0.15) is 0 Å². The smallest absolute Gasteiger partial charge is 0.219 e. The number of hydrogen-bond acceptors (Lipinski definition) is 3. The minimum absolute atomic E-state index is 0.0113. The van der Waals surface area contributed by atoms with Crippen LogP contribution in [0.4, 0.5) is 0 Å². The van der Waals surface area contributed by atoms with Crippen molar-refractivity contribution in [2.75, 3.05) is 6.26 Å². The van der Waals surface area contributed by atoms with Crippen molar-refractivity contribution >= 4 is 15.7 Å². The number of carbonyl (C=O) groups excluding carboxylic acids is 1. The molecule has 0 saturated heterocycles. The Morgan fingerprint density at radius 3 is 2.06 bits per heavy atom. The zero-order chi connectivity index (χ0) is 13.9. The van der Waals surface area contributed by atoms with Gasteiger partial charge in [-0.3, -0.25) is 4.79 Å². The summed E-state index contributed by atoms with van der Waals surface area (Å²) in [6.07, 6.45) is 1.18. The molecular formula is C13H19NO3S. The monoisotopic (exact) mass is 269 g/mol. The molecule has 1 aromatic carbocycles. The molecule has 0 aliphatic rings. The average Bonchev–Trinajstić information content (AvgIpc) is 2.24. The number of benzene rings is 1. The molecule has 18 heavy (non-hydrogen) atoms. The summed E-state index contributed by atoms with van der Waals surface area (Å²) in [5.74, 6) is 0.0113. The Labute approximate surface area is 109 Å². The molecule has 0 aliphatic carbocycles. The summed E-state index contributed by atoms with van der Waals surface area (Å²) in [6.45, 7) is 5.93. The fraction of sp³-hybridized carbons (Fsp3) is 0.462. The fourth-order valence-corrected chi connectivity index (χ4v) is 2.33. The van der Waals surface area contributed by atoms with Crippen LogP contribution < -0.4 is 0 Å². The maximum atomic E-state index is 11.4. The van der Waals surface area contributed by atoms with Gasteiger partial charge >= 0.3 is 0 Å². The zero-order valence-corrected chi connectivity index (χ0v) is 12.0. The van der Waals surface area contributed by atoms with Crippen molar-refractivity contribution in [3.8, 4) is 0 Å². The van der Waals surface area contributed by atoms with Crippen molar-refractivity contribution in [2.45, 2.75) is 38.3 Å². The van der Waals surface area contributed by atoms with Crippen molar-refractivity contribution < 1.29 is 13.2 Å². The summed E-state index contributed by atoms with van der Waals surface area (Å²) in [6, 6.07) is 6.76. The first-order valence-corrected chi connectivity index (χ1v) is 7.67. The number of hydrogen-bond donors (Lipinski definition) is 0. The third kappa shape index (κ3) is 3.84. The van der Waals surface area contributed by atoms with Crippen LogP contribution in [0.5, 0.6) is 0 Å². The van der Waals surface area contributed by atoms with Crippen molar-refractivity contribution in [1.82, 2.24) is 4.90 Å². The Hall–Kier alpha value is -1.36. The minimum atomic E-state index is -3.16. The predicted molar refractivity (Wildman–Crippen MR) is 70.9 cm³/mol. The summed E-state index contributed by atoms with van der Waals surface area (Å²) >= 11 is 0. The van der Waals surface area contributed by atoms with E-state index in [-0.39, 0.29) is 11.9 Å². The molecule has 0 fully saturated rings. The van der Waals surface area contributed by atoms with Gasteiger partial charge in [0, 0.05) is 25.8 Å². The van der Waals surface area contributed by atoms with E-state index in [0.717, 1.165) is 5.56 Å². The molecule has 100 valence electrons. The Balaban J connectivity index is 2.90. The quantitative estimate of drug-likeness (QED) is 0.838. The number of sulfone groups is 1. The van der Waals surface area contributed by atoms with Crippen LogP contribution in [0.2, 0.25) is 0 Å². The van der Waals surface area contributed by atoms with E-state index in [2.05, 4.69) is 0 Å². The molecule has 0 unspecified atom stereocenters. The van der Waals surface area contributed by atoms with Gasteiger partial charge in [-0.05, 0) is 31.5 Å². The van der Waals surface area contributed by atoms with Crippen molar-refractivity contribution in [3.05, 3.63) is 29.8 Å². The highest BCUT2D eigenvalue weighted by Crippen LogP contribution is 2.13. The van der Waals surface area contributed by atoms with Gasteiger partial charge in [0.25, 0.3) is 0 Å². The van der Waals surface area contributed by atoms with Crippen molar-refractivity contribution in [3.63, 3.8) is 0 Å². The molecule has 1 rings (SSSR count). The SMILES string of the molecule is CC(=O)N(Cc1ccc(S(C)(=O)=O)cc1)C(C)C. The molecule has 1 aromatic rings. The molecule has 0 N–H and O–H groups in total. The Morgan fingerprint density at radius 1 is 1.22 bits per heavy atom. The van der Waals surface area contributed by atoms with Gasteiger partial charge in [0.1, 0.15) is 0 Å². The van der Waals surface area contributed by atoms with Gasteiger partial charge in [0.15, 0.2) is 9.84 Å². The van der Waals surface area contributed by atoms with E-state index in [9.17, 15) is 13.2 Å². The van der Waals surface area contributed by atoms with E-state index in [1.54, 1.807) is 29.2 Å². The maximum absolute atomic E-state index is 11.4. The molecule has 0 spiro atoms. The molecule has 0 heterocycles. The average molecular weight is 269 g/mol. The summed E-state index contributed by atoms with van der Waals surface area (Å²) in [5.41, 5.74) is 0.923. The lowest BCUT2D eigenvalue weighted by atomic mass is 10.2. The standard InChI is InChI=1S/C13H19NO3S/c1-10(2)14(11(3)15)9-12-5-7-13(8-6-12)18(4,16)17/h5-8,10H,9H2,1-4H3. The molecule has 0 saturated carbocycles. The van der Waals surface area contributed by atoms with Crippen LogP contribution in [0.25, 0.3) is 0 Å². The third-order valence-electron chi connectivity index (χ3n) is 2.73. The van der Waals surface area contributed by atoms with Crippen LogP contribution >= 0.6 is 0 Å². The number of carbonyl (C=O) groups is 1. The van der Waals surface area contributed by atoms with E-state index in [1.165, 1.54) is 13.2 Å². The molecule has 0 aliphatic heterocycles. The molecule has 0 bridgehead atoms. The Kier molecular flexibility index (Phi) is 4.51. The van der Waals surface area contributed by atoms with Gasteiger partial charge < -0.3 is 4.90 Å². The van der Waals surface area contributed by atoms with E-state index < -0.39 is 9.84 Å². The van der Waals surface area contributed by atoms with Gasteiger partial charge in [0.2, 0.25) is 5.91 Å². The summed E-state index contributed by atoms with van der Waals surface area (Å²) in [7, 11) is -3.16. The highest BCUT2D eigenvalue weighted by molar-refractivity contribution is 7.90. The highest BCUT2D eigenvalue weighted by Gasteiger charge is 2.13. The third-order valence-corrected chi connectivity index (χ3v) is 3.86. The number of nitrogens with zero attached hydrogens (tertiary/aromatic N) is 1. The zero-order valence-electron chi connectivity index (χ0n) is 11.2. The Bertz CT molecular complexity index is 518. The largest absolute Gasteiger partial charge is 0.336 e. The minimum Gasteiger partial charge on any atom is -0.336 e. The first kappa shape index (κ1) is 14.7. The number of amides is 1. The molecule has 0 aromatic heterocycles. The van der Waals surface area contributed by atoms with Crippen LogP contribution in [0.15, 0.2) is 29.2 Å². The van der Waals surface area contributed by atoms with Gasteiger partial charge in [0.05, 0.1) is 4.90 Å². The van der Waals surface area contributed by atoms with Gasteiger partial charge in [-0.15, -0.1) is 0 Å². The van der Waals surface area contributed by atoms with Crippen LogP contribution in [-0.4, -0.2) is 31.5 Å². The van der Waals surface area contributed by atoms with E-state index in [1.807, 2.05) is 13.8 Å². The van der Waals surface area contributed by atoms with Crippen LogP contribution in [0, 0.1) is 0 Å². The van der Waals surface area contributed by atoms with Crippen LogP contribution in [-0.2, 0) is 21.2 Å². The summed E-state index contributed by atoms with van der Waals surface area (Å²) in [5, 5.41) is 0. The van der Waals surface area contributed by atoms with E-state index in [0.29, 0.717) is 11.4 Å². The first-order valence-electron chi connectivity index (χ1n) is 5.78. The normalized spacial score (nSPS) is 11.6. The van der Waals surface area contributed by atoms with Crippen LogP contribution in [0.1, 0.15) is 26.3 Å². The topological polar surface area (TPSA) is 54.5 Å².